The summed E-state index contributed by atoms with van der Waals surface area (Å²) in [4.78, 5) is 9.40. The maximum absolute atomic E-state index is 6.40. The molecule has 2 aliphatic carbocycles. The third-order valence-corrected chi connectivity index (χ3v) is 28.8. The number of rotatable bonds is 15. The van der Waals surface area contributed by atoms with E-state index in [-0.39, 0.29) is 33.2 Å². The first-order valence-electron chi connectivity index (χ1n) is 43.5. The number of nitrogens with zero attached hydrogens (tertiary/aromatic N) is 4. The maximum Gasteiger partial charge on any atom is 0.494 e. The number of benzene rings is 12. The lowest BCUT2D eigenvalue weighted by molar-refractivity contribution is 0.00578. The van der Waals surface area contributed by atoms with Crippen molar-refractivity contribution in [2.75, 3.05) is 19.6 Å². The molecule has 18 heteroatoms. The van der Waals surface area contributed by atoms with E-state index in [1.165, 1.54) is 66.8 Å². The number of hydrogen-bond donors (Lipinski definition) is 0. The normalized spacial score (nSPS) is 18.6. The molecule has 4 fully saturated rings. The van der Waals surface area contributed by atoms with Gasteiger partial charge in [-0.3, -0.25) is 0 Å². The molecule has 0 bridgehead atoms. The van der Waals surface area contributed by atoms with E-state index < -0.39 is 50.7 Å². The van der Waals surface area contributed by atoms with Crippen LogP contribution < -0.4 is 30.5 Å². The molecule has 4 aliphatic heterocycles. The maximum atomic E-state index is 6.40. The summed E-state index contributed by atoms with van der Waals surface area (Å²) in [6.07, 6.45) is 0. The third kappa shape index (κ3) is 16.7. The van der Waals surface area contributed by atoms with Crippen molar-refractivity contribution in [2.24, 2.45) is 0 Å². The van der Waals surface area contributed by atoms with Crippen molar-refractivity contribution in [3.8, 4) is 22.3 Å². The zero-order valence-corrected chi connectivity index (χ0v) is 79.7. The third-order valence-electron chi connectivity index (χ3n) is 27.8. The van der Waals surface area contributed by atoms with Gasteiger partial charge in [-0.15, -0.1) is 0 Å². The van der Waals surface area contributed by atoms with Gasteiger partial charge in [0, 0.05) is 88.0 Å². The van der Waals surface area contributed by atoms with Gasteiger partial charge >= 0.3 is 28.3 Å². The Balaban J connectivity index is 0.000000157. The van der Waals surface area contributed by atoms with Gasteiger partial charge in [0.05, 0.1) is 44.8 Å². The highest BCUT2D eigenvalue weighted by molar-refractivity contribution is 9.10. The first-order chi connectivity index (χ1) is 58.3. The van der Waals surface area contributed by atoms with Crippen molar-refractivity contribution in [3.63, 3.8) is 0 Å². The lowest BCUT2D eigenvalue weighted by atomic mass is 9.49. The van der Waals surface area contributed by atoms with Crippen LogP contribution in [0.4, 0.5) is 68.2 Å². The van der Waals surface area contributed by atoms with Crippen molar-refractivity contribution in [2.45, 2.75) is 222 Å². The Morgan fingerprint density at radius 3 is 0.556 bits per heavy atom. The molecular formula is C106H116B4Br2N4O8. The fourth-order valence-corrected chi connectivity index (χ4v) is 17.8. The summed E-state index contributed by atoms with van der Waals surface area (Å²) in [6, 6.07) is 97.4. The van der Waals surface area contributed by atoms with Gasteiger partial charge in [-0.2, -0.15) is 0 Å². The molecule has 0 aromatic heterocycles. The molecule has 0 unspecified atom stereocenters. The second-order valence-corrected chi connectivity index (χ2v) is 41.2. The van der Waals surface area contributed by atoms with Gasteiger partial charge in [-0.05, 0) is 364 Å². The summed E-state index contributed by atoms with van der Waals surface area (Å²) < 4.78 is 51.6. The average Bonchev–Trinajstić information content (AvgIpc) is 1.56. The van der Waals surface area contributed by atoms with Crippen LogP contribution in [0.1, 0.15) is 183 Å². The number of fused-ring (bicyclic) bond motifs is 6. The second-order valence-electron chi connectivity index (χ2n) is 39.4. The van der Waals surface area contributed by atoms with E-state index in [0.29, 0.717) is 0 Å². The highest BCUT2D eigenvalue weighted by Gasteiger charge is 2.64. The smallest absolute Gasteiger partial charge is 0.405 e. The molecule has 12 aromatic rings. The Morgan fingerprint density at radius 1 is 0.202 bits per heavy atom. The van der Waals surface area contributed by atoms with Gasteiger partial charge < -0.3 is 56.8 Å². The Hall–Kier alpha value is -9.26. The monoisotopic (exact) mass is 1770 g/mol. The zero-order chi connectivity index (χ0) is 88.6. The molecule has 124 heavy (non-hydrogen) atoms. The Kier molecular flexibility index (Phi) is 23.1. The first kappa shape index (κ1) is 88.2. The zero-order valence-electron chi connectivity index (χ0n) is 76.5. The number of anilines is 12. The minimum atomic E-state index is -0.476. The van der Waals surface area contributed by atoms with Crippen LogP contribution in [0.25, 0.3) is 22.3 Å². The molecule has 0 radical (unpaired) electrons. The summed E-state index contributed by atoms with van der Waals surface area (Å²) in [7, 11) is -1.79. The Morgan fingerprint density at radius 2 is 0.363 bits per heavy atom. The molecule has 634 valence electrons. The van der Waals surface area contributed by atoms with Crippen molar-refractivity contribution in [1.29, 1.82) is 0 Å². The highest BCUT2D eigenvalue weighted by Crippen LogP contribution is 2.56. The summed E-state index contributed by atoms with van der Waals surface area (Å²) in [5, 5.41) is 0. The predicted molar refractivity (Wildman–Crippen MR) is 525 cm³/mol. The molecule has 0 amide bonds. The first-order valence-corrected chi connectivity index (χ1v) is 45.1. The van der Waals surface area contributed by atoms with Gasteiger partial charge in [-0.25, -0.2) is 0 Å². The van der Waals surface area contributed by atoms with E-state index >= 15 is 0 Å². The summed E-state index contributed by atoms with van der Waals surface area (Å²) >= 11 is 7.23. The van der Waals surface area contributed by atoms with Crippen molar-refractivity contribution in [1.82, 2.24) is 0 Å². The Labute approximate surface area is 755 Å². The topological polar surface area (TPSA) is 86.8 Å². The van der Waals surface area contributed by atoms with Crippen LogP contribution >= 0.6 is 31.9 Å². The van der Waals surface area contributed by atoms with Gasteiger partial charge in [0.2, 0.25) is 0 Å². The van der Waals surface area contributed by atoms with Crippen LogP contribution in [0.15, 0.2) is 276 Å². The van der Waals surface area contributed by atoms with E-state index in [4.69, 9.17) is 37.2 Å². The van der Waals surface area contributed by atoms with Crippen LogP contribution in [0.3, 0.4) is 0 Å². The molecule has 12 aromatic carbocycles. The average molecular weight is 1780 g/mol. The van der Waals surface area contributed by atoms with Gasteiger partial charge in [-0.1, -0.05) is 179 Å². The molecule has 0 spiro atoms. The molecule has 4 saturated heterocycles. The number of aryl methyl sites for hydroxylation is 4. The van der Waals surface area contributed by atoms with Crippen LogP contribution in [-0.4, -0.2) is 73.1 Å². The molecule has 12 nitrogen and oxygen atoms in total. The SMILES string of the molecule is CC1(C)OB(B2OC(C)(C)C(C)(C)O2)OC1(C)C.Cc1ccc(N(c2ccc(B3OC(C)(C)C(C)(C)O3)cc2)c2ccc3c(c2)C(C)(C)c2cc(N(c4ccc(C)cc4)c4ccc(B5OC(C)(C)C(C)(C)O5)cc4)ccc2-3)cc1.Cc1ccc(N(c2ccc(Br)cc2)c2ccc3c(c2)C(C)(C)c2cc(N(c4ccc(C)cc4)c4ccc(Br)cc4)ccc2-3)cc1. The Bertz CT molecular complexity index is 5430. The molecule has 0 atom stereocenters. The van der Waals surface area contributed by atoms with E-state index in [1.807, 2.05) is 55.4 Å². The van der Waals surface area contributed by atoms with Crippen LogP contribution in [0, 0.1) is 27.7 Å². The largest absolute Gasteiger partial charge is 0.494 e. The number of halogens is 2. The minimum Gasteiger partial charge on any atom is -0.405 e. The molecule has 6 aliphatic rings. The summed E-state index contributed by atoms with van der Waals surface area (Å²) in [5.74, 6) is 0. The van der Waals surface area contributed by atoms with Crippen molar-refractivity contribution in [3.05, 3.63) is 320 Å². The van der Waals surface area contributed by atoms with E-state index in [0.717, 1.165) is 88.1 Å². The lowest BCUT2D eigenvalue weighted by Crippen LogP contribution is -2.41. The molecule has 4 heterocycles. The van der Waals surface area contributed by atoms with Crippen LogP contribution in [0.5, 0.6) is 0 Å². The second kappa shape index (κ2) is 32.6. The van der Waals surface area contributed by atoms with Gasteiger partial charge in [0.25, 0.3) is 0 Å². The molecule has 18 rings (SSSR count). The van der Waals surface area contributed by atoms with E-state index in [2.05, 4.69) is 429 Å². The van der Waals surface area contributed by atoms with Crippen molar-refractivity contribution < 1.29 is 37.2 Å². The predicted octanol–water partition coefficient (Wildman–Crippen LogP) is 27.5. The van der Waals surface area contributed by atoms with Crippen molar-refractivity contribution >= 4 is 139 Å². The van der Waals surface area contributed by atoms with E-state index in [9.17, 15) is 0 Å². The fraction of sp³-hybridized carbons (Fsp3) is 0.321. The van der Waals surface area contributed by atoms with Gasteiger partial charge in [0.1, 0.15) is 0 Å². The standard InChI is InChI=1S/C53H58B2N2O4.C41H34Br2N2.C12H24B2O4/c1-35-13-21-39(22-14-35)56(41-25-17-37(18-26-41)54-58-50(5,6)51(7,8)59-54)43-29-31-45-46-32-30-44(34-48(46)49(3,4)47(45)33-43)57(40-23-15-36(2)16-24-40)42-27-19-38(20-28-42)55-60-52(9,10)53(11,12)61-55;1-27-5-13-31(14-6-27)44(33-17-9-29(42)10-18-33)35-21-23-37-38-24-22-36(26-40(38)41(3,4)39(37)25-35)45(32-15-7-28(2)8-16-32)34-19-11-30(43)12-20-34;1-9(2)10(3,4)16-13(15-9)14-17-11(5,6)12(7,8)18-14/h13-34H,1-12H3;5-26H,1-4H3;1-8H3. The van der Waals surface area contributed by atoms with Gasteiger partial charge in [0.15, 0.2) is 0 Å². The fourth-order valence-electron chi connectivity index (χ4n) is 17.2. The minimum absolute atomic E-state index is 0.186. The highest BCUT2D eigenvalue weighted by atomic mass is 79.9. The molecule has 0 N–H and O–H groups in total. The molecule has 0 saturated carbocycles. The number of hydrogen-bond acceptors (Lipinski definition) is 12. The quantitative estimate of drug-likeness (QED) is 0.0916. The van der Waals surface area contributed by atoms with E-state index in [1.54, 1.807) is 0 Å². The summed E-state index contributed by atoms with van der Waals surface area (Å²) in [5.41, 5.74) is 27.3. The van der Waals surface area contributed by atoms with Crippen LogP contribution in [-0.2, 0) is 48.1 Å². The lowest BCUT2D eigenvalue weighted by Gasteiger charge is -2.32. The summed E-state index contributed by atoms with van der Waals surface area (Å²) in [6.45, 7) is 50.9. The van der Waals surface area contributed by atoms with Crippen LogP contribution in [0.2, 0.25) is 0 Å². The molecular weight excluding hydrogens is 1660 g/mol.